The minimum absolute atomic E-state index is 0.233. The molecule has 0 aliphatic carbocycles. The molecule has 2 N–H and O–H groups in total. The van der Waals surface area contributed by atoms with Gasteiger partial charge in [0.2, 0.25) is 0 Å². The van der Waals surface area contributed by atoms with E-state index in [1.807, 2.05) is 37.4 Å². The van der Waals surface area contributed by atoms with E-state index in [2.05, 4.69) is 43.5 Å². The molecule has 3 aromatic rings. The fraction of sp³-hybridized carbons (Fsp3) is 0.364. The summed E-state index contributed by atoms with van der Waals surface area (Å²) in [6.45, 7) is 9.15. The van der Waals surface area contributed by atoms with E-state index in [1.165, 1.54) is 5.69 Å². The van der Waals surface area contributed by atoms with Crippen LogP contribution in [-0.2, 0) is 6.54 Å². The Balaban J connectivity index is 1.33. The molecule has 2 amide bonds. The maximum Gasteiger partial charge on any atom is 0.320 e. The zero-order valence-electron chi connectivity index (χ0n) is 18.0. The van der Waals surface area contributed by atoms with E-state index < -0.39 is 0 Å². The molecule has 0 radical (unpaired) electrons. The number of urea groups is 1. The fourth-order valence-corrected chi connectivity index (χ4v) is 3.77. The van der Waals surface area contributed by atoms with Crippen LogP contribution in [0.4, 0.5) is 16.3 Å². The van der Waals surface area contributed by atoms with Crippen molar-refractivity contribution >= 4 is 17.5 Å². The van der Waals surface area contributed by atoms with Gasteiger partial charge in [-0.1, -0.05) is 0 Å². The molecule has 31 heavy (non-hydrogen) atoms. The summed E-state index contributed by atoms with van der Waals surface area (Å²) in [6, 6.07) is 9.75. The summed E-state index contributed by atoms with van der Waals surface area (Å²) in [5.74, 6) is 1.40. The Morgan fingerprint density at radius 2 is 1.97 bits per heavy atom. The molecule has 0 unspecified atom stereocenters. The van der Waals surface area contributed by atoms with E-state index in [0.29, 0.717) is 12.4 Å². The molecule has 0 atom stereocenters. The van der Waals surface area contributed by atoms with Crippen LogP contribution in [-0.4, -0.2) is 63.4 Å². The molecule has 162 valence electrons. The highest BCUT2D eigenvalue weighted by Crippen LogP contribution is 2.22. The smallest absolute Gasteiger partial charge is 0.320 e. The number of piperazine rings is 1. The third-order valence-electron chi connectivity index (χ3n) is 5.30. The van der Waals surface area contributed by atoms with Crippen LogP contribution in [0.25, 0.3) is 5.82 Å². The molecule has 0 spiro atoms. The average Bonchev–Trinajstić information content (AvgIpc) is 3.30. The Morgan fingerprint density at radius 3 is 2.68 bits per heavy atom. The minimum atomic E-state index is -0.233. The summed E-state index contributed by atoms with van der Waals surface area (Å²) in [5.41, 5.74) is 3.32. The first-order valence-electron chi connectivity index (χ1n) is 10.6. The first-order chi connectivity index (χ1) is 15.1. The second-order valence-electron chi connectivity index (χ2n) is 7.52. The van der Waals surface area contributed by atoms with Gasteiger partial charge >= 0.3 is 6.03 Å². The van der Waals surface area contributed by atoms with Crippen LogP contribution in [0.5, 0.6) is 0 Å². The van der Waals surface area contributed by atoms with Gasteiger partial charge in [-0.2, -0.15) is 5.10 Å². The Hall–Kier alpha value is -3.46. The molecule has 1 saturated heterocycles. The van der Waals surface area contributed by atoms with Crippen molar-refractivity contribution in [3.63, 3.8) is 0 Å². The van der Waals surface area contributed by atoms with Crippen molar-refractivity contribution in [1.29, 1.82) is 0 Å². The number of nitrogens with zero attached hydrogens (tertiary/aromatic N) is 6. The topological polar surface area (TPSA) is 91.2 Å². The van der Waals surface area contributed by atoms with E-state index in [9.17, 15) is 4.79 Å². The number of carbonyl (C=O) groups excluding carboxylic acids is 1. The Labute approximate surface area is 182 Å². The normalized spacial score (nSPS) is 14.5. The number of carbonyl (C=O) groups is 1. The lowest BCUT2D eigenvalue weighted by molar-refractivity contribution is 0.249. The number of anilines is 2. The van der Waals surface area contributed by atoms with Crippen LogP contribution in [0.1, 0.15) is 18.2 Å². The van der Waals surface area contributed by atoms with Crippen LogP contribution in [0, 0.1) is 6.92 Å². The van der Waals surface area contributed by atoms with Crippen molar-refractivity contribution in [2.45, 2.75) is 20.4 Å². The quantitative estimate of drug-likeness (QED) is 0.637. The molecule has 0 aromatic carbocycles. The third-order valence-corrected chi connectivity index (χ3v) is 5.30. The van der Waals surface area contributed by atoms with Gasteiger partial charge in [0.1, 0.15) is 5.82 Å². The zero-order valence-corrected chi connectivity index (χ0v) is 18.0. The number of aryl methyl sites for hydroxylation is 1. The van der Waals surface area contributed by atoms with E-state index in [1.54, 1.807) is 17.1 Å². The maximum absolute atomic E-state index is 11.7. The highest BCUT2D eigenvalue weighted by Gasteiger charge is 2.19. The fourth-order valence-electron chi connectivity index (χ4n) is 3.77. The number of amides is 2. The summed E-state index contributed by atoms with van der Waals surface area (Å²) >= 11 is 0. The molecule has 1 fully saturated rings. The molecule has 4 rings (SSSR count). The Bertz CT molecular complexity index is 1010. The van der Waals surface area contributed by atoms with Gasteiger partial charge in [0.15, 0.2) is 5.82 Å². The number of pyridine rings is 2. The summed E-state index contributed by atoms with van der Waals surface area (Å²) < 4.78 is 1.78. The summed E-state index contributed by atoms with van der Waals surface area (Å²) in [6.07, 6.45) is 5.39. The first kappa shape index (κ1) is 20.8. The van der Waals surface area contributed by atoms with Crippen LogP contribution in [0.2, 0.25) is 0 Å². The molecule has 9 nitrogen and oxygen atoms in total. The lowest BCUT2D eigenvalue weighted by atomic mass is 10.2. The Kier molecular flexibility index (Phi) is 6.42. The number of hydrogen-bond acceptors (Lipinski definition) is 6. The molecule has 0 saturated carbocycles. The van der Waals surface area contributed by atoms with Gasteiger partial charge in [-0.25, -0.2) is 19.4 Å². The van der Waals surface area contributed by atoms with Crippen molar-refractivity contribution in [1.82, 2.24) is 30.0 Å². The lowest BCUT2D eigenvalue weighted by Crippen LogP contribution is -2.46. The van der Waals surface area contributed by atoms with Crippen molar-refractivity contribution < 1.29 is 4.79 Å². The van der Waals surface area contributed by atoms with Crippen molar-refractivity contribution in [2.24, 2.45) is 0 Å². The van der Waals surface area contributed by atoms with Gasteiger partial charge in [-0.15, -0.1) is 0 Å². The molecule has 1 aliphatic heterocycles. The second-order valence-corrected chi connectivity index (χ2v) is 7.52. The summed E-state index contributed by atoms with van der Waals surface area (Å²) in [5, 5.41) is 9.74. The zero-order chi connectivity index (χ0) is 21.6. The summed E-state index contributed by atoms with van der Waals surface area (Å²) in [7, 11) is 0. The monoisotopic (exact) mass is 420 g/mol. The number of aromatic nitrogens is 4. The van der Waals surface area contributed by atoms with Crippen molar-refractivity contribution in [3.05, 3.63) is 60.2 Å². The van der Waals surface area contributed by atoms with Gasteiger partial charge in [-0.3, -0.25) is 10.2 Å². The van der Waals surface area contributed by atoms with E-state index in [-0.39, 0.29) is 6.03 Å². The first-order valence-corrected chi connectivity index (χ1v) is 10.6. The van der Waals surface area contributed by atoms with Gasteiger partial charge < -0.3 is 10.2 Å². The van der Waals surface area contributed by atoms with Gasteiger partial charge in [-0.05, 0) is 49.7 Å². The molecule has 4 heterocycles. The number of rotatable bonds is 6. The average molecular weight is 421 g/mol. The van der Waals surface area contributed by atoms with Crippen molar-refractivity contribution in [2.75, 3.05) is 42.9 Å². The molecule has 0 bridgehead atoms. The van der Waals surface area contributed by atoms with E-state index in [0.717, 1.165) is 49.8 Å². The minimum Gasteiger partial charge on any atom is -0.368 e. The predicted octanol–water partition coefficient (Wildman–Crippen LogP) is 2.43. The maximum atomic E-state index is 11.7. The third kappa shape index (κ3) is 5.18. The standard InChI is InChI=1S/C22H28N8O/c1-3-23-22(31)27-20-15-18(7-9-24-20)16-28-11-13-29(14-12-28)19-5-6-21(26-17(19)2)30-10-4-8-25-30/h4-10,15H,3,11-14,16H2,1-2H3,(H2,23,24,27,31). The van der Waals surface area contributed by atoms with Crippen LogP contribution >= 0.6 is 0 Å². The van der Waals surface area contributed by atoms with Crippen LogP contribution in [0.15, 0.2) is 48.9 Å². The van der Waals surface area contributed by atoms with Crippen LogP contribution < -0.4 is 15.5 Å². The highest BCUT2D eigenvalue weighted by molar-refractivity contribution is 5.88. The number of hydrogen-bond donors (Lipinski definition) is 2. The lowest BCUT2D eigenvalue weighted by Gasteiger charge is -2.36. The van der Waals surface area contributed by atoms with Crippen molar-refractivity contribution in [3.8, 4) is 5.82 Å². The van der Waals surface area contributed by atoms with Gasteiger partial charge in [0.05, 0.1) is 11.4 Å². The highest BCUT2D eigenvalue weighted by atomic mass is 16.2. The SMILES string of the molecule is CCNC(=O)Nc1cc(CN2CCN(c3ccc(-n4cccn4)nc3C)CC2)ccn1. The van der Waals surface area contributed by atoms with E-state index in [4.69, 9.17) is 4.98 Å². The molecular weight excluding hydrogens is 392 g/mol. The number of nitrogens with one attached hydrogen (secondary N) is 2. The molecule has 9 heteroatoms. The predicted molar refractivity (Wildman–Crippen MR) is 121 cm³/mol. The largest absolute Gasteiger partial charge is 0.368 e. The summed E-state index contributed by atoms with van der Waals surface area (Å²) in [4.78, 5) is 25.5. The van der Waals surface area contributed by atoms with Crippen LogP contribution in [0.3, 0.4) is 0 Å². The van der Waals surface area contributed by atoms with Gasteiger partial charge in [0, 0.05) is 57.9 Å². The van der Waals surface area contributed by atoms with Gasteiger partial charge in [0.25, 0.3) is 0 Å². The second kappa shape index (κ2) is 9.57. The molecule has 1 aliphatic rings. The Morgan fingerprint density at radius 1 is 1.13 bits per heavy atom. The van der Waals surface area contributed by atoms with E-state index >= 15 is 0 Å². The molecule has 3 aromatic heterocycles. The molecular formula is C22H28N8O.